The molecule has 0 rings (SSSR count). The summed E-state index contributed by atoms with van der Waals surface area (Å²) < 4.78 is 0. The van der Waals surface area contributed by atoms with E-state index in [4.69, 9.17) is 18.0 Å². The van der Waals surface area contributed by atoms with Gasteiger partial charge in [-0.2, -0.15) is 0 Å². The molecule has 0 aromatic heterocycles. The fourth-order valence-electron chi connectivity index (χ4n) is 1.18. The average Bonchev–Trinajstić information content (AvgIpc) is 2.26. The maximum atomic E-state index is 8.93. The van der Waals surface area contributed by atoms with E-state index in [1.54, 1.807) is 0 Å². The lowest BCUT2D eigenvalue weighted by Gasteiger charge is -1.96. The van der Waals surface area contributed by atoms with Gasteiger partial charge in [-0.25, -0.2) is 0 Å². The lowest BCUT2D eigenvalue weighted by Crippen LogP contribution is -1.96. The molecule has 1 nitrogen and oxygen atoms in total. The van der Waals surface area contributed by atoms with Gasteiger partial charge in [-0.1, -0.05) is 37.0 Å². The Kier molecular flexibility index (Phi) is 9.75. The summed E-state index contributed by atoms with van der Waals surface area (Å²) in [4.78, 5) is 0. The molecule has 0 amide bonds. The van der Waals surface area contributed by atoms with E-state index in [-0.39, 0.29) is 0 Å². The van der Waals surface area contributed by atoms with Gasteiger partial charge in [-0.3, -0.25) is 0 Å². The van der Waals surface area contributed by atoms with Crippen molar-refractivity contribution in [3.05, 3.63) is 0 Å². The van der Waals surface area contributed by atoms with Crippen molar-refractivity contribution in [3.63, 3.8) is 0 Å². The molecule has 80 valence electrons. The molecule has 0 aliphatic carbocycles. The van der Waals surface area contributed by atoms with Gasteiger partial charge in [-0.05, 0) is 12.8 Å². The van der Waals surface area contributed by atoms with E-state index in [1.807, 2.05) is 0 Å². The van der Waals surface area contributed by atoms with Gasteiger partial charge in [-0.15, -0.1) is 18.8 Å². The Balaban J connectivity index is 3.21. The molecular weight excluding hydrogens is 184 g/mol. The van der Waals surface area contributed by atoms with Gasteiger partial charge in [0, 0.05) is 12.8 Å². The fraction of sp³-hybridized carbons (Fsp3) is 0.571. The minimum atomic E-state index is -0.902. The van der Waals surface area contributed by atoms with Crippen LogP contribution < -0.4 is 0 Å². The van der Waals surface area contributed by atoms with Crippen molar-refractivity contribution in [1.82, 2.24) is 0 Å². The Morgan fingerprint density at radius 2 is 1.53 bits per heavy atom. The van der Waals surface area contributed by atoms with Crippen LogP contribution in [0.5, 0.6) is 0 Å². The smallest absolute Gasteiger partial charge is 0.176 e. The highest BCUT2D eigenvalue weighted by molar-refractivity contribution is 5.15. The summed E-state index contributed by atoms with van der Waals surface area (Å²) in [5.74, 6) is 10.2. The third kappa shape index (κ3) is 10.6. The van der Waals surface area contributed by atoms with E-state index >= 15 is 0 Å². The Morgan fingerprint density at radius 1 is 0.933 bits per heavy atom. The molecule has 0 saturated heterocycles. The summed E-state index contributed by atoms with van der Waals surface area (Å²) in [6.07, 6.45) is 16.7. The van der Waals surface area contributed by atoms with Gasteiger partial charge < -0.3 is 5.11 Å². The Bertz CT molecular complexity index is 279. The van der Waals surface area contributed by atoms with Crippen molar-refractivity contribution in [1.29, 1.82) is 0 Å². The van der Waals surface area contributed by atoms with Crippen LogP contribution in [0.2, 0.25) is 0 Å². The second kappa shape index (κ2) is 10.7. The van der Waals surface area contributed by atoms with Crippen LogP contribution in [-0.2, 0) is 0 Å². The zero-order chi connectivity index (χ0) is 11.4. The second-order valence-electron chi connectivity index (χ2n) is 3.36. The van der Waals surface area contributed by atoms with E-state index in [9.17, 15) is 0 Å². The van der Waals surface area contributed by atoms with E-state index in [0.717, 1.165) is 25.7 Å². The highest BCUT2D eigenvalue weighted by atomic mass is 16.3. The first-order valence-electron chi connectivity index (χ1n) is 5.37. The predicted molar refractivity (Wildman–Crippen MR) is 63.8 cm³/mol. The molecule has 15 heavy (non-hydrogen) atoms. The fourth-order valence-corrected chi connectivity index (χ4v) is 1.18. The number of hydrogen-bond donors (Lipinski definition) is 1. The topological polar surface area (TPSA) is 20.2 Å². The zero-order valence-electron chi connectivity index (χ0n) is 9.13. The molecule has 1 atom stereocenters. The third-order valence-electron chi connectivity index (χ3n) is 2.02. The second-order valence-corrected chi connectivity index (χ2v) is 3.36. The molecule has 1 unspecified atom stereocenters. The van der Waals surface area contributed by atoms with Crippen LogP contribution >= 0.6 is 0 Å². The first-order valence-corrected chi connectivity index (χ1v) is 5.37. The van der Waals surface area contributed by atoms with Crippen molar-refractivity contribution in [2.45, 2.75) is 51.0 Å². The normalized spacial score (nSPS) is 10.6. The van der Waals surface area contributed by atoms with Gasteiger partial charge >= 0.3 is 0 Å². The number of rotatable bonds is 6. The average molecular weight is 202 g/mol. The molecule has 0 aromatic carbocycles. The van der Waals surface area contributed by atoms with Gasteiger partial charge in [0.2, 0.25) is 0 Å². The first kappa shape index (κ1) is 13.6. The van der Waals surface area contributed by atoms with Crippen LogP contribution in [-0.4, -0.2) is 11.2 Å². The zero-order valence-corrected chi connectivity index (χ0v) is 9.13. The minimum Gasteiger partial charge on any atom is -0.369 e. The van der Waals surface area contributed by atoms with Crippen molar-refractivity contribution in [2.24, 2.45) is 0 Å². The highest BCUT2D eigenvalue weighted by Gasteiger charge is 1.89. The summed E-state index contributed by atoms with van der Waals surface area (Å²) in [6, 6.07) is 0. The van der Waals surface area contributed by atoms with E-state index in [1.165, 1.54) is 19.3 Å². The van der Waals surface area contributed by atoms with Crippen molar-refractivity contribution in [2.75, 3.05) is 0 Å². The van der Waals surface area contributed by atoms with Gasteiger partial charge in [0.15, 0.2) is 6.10 Å². The summed E-state index contributed by atoms with van der Waals surface area (Å²) in [5.41, 5.74) is 0. The summed E-state index contributed by atoms with van der Waals surface area (Å²) in [5, 5.41) is 8.93. The summed E-state index contributed by atoms with van der Waals surface area (Å²) >= 11 is 0. The van der Waals surface area contributed by atoms with Crippen molar-refractivity contribution >= 4 is 0 Å². The number of unbranched alkanes of at least 4 members (excludes halogenated alkanes) is 6. The van der Waals surface area contributed by atoms with Crippen LogP contribution in [0.3, 0.4) is 0 Å². The lowest BCUT2D eigenvalue weighted by atomic mass is 10.1. The van der Waals surface area contributed by atoms with E-state index in [0.29, 0.717) is 0 Å². The molecule has 1 N–H and O–H groups in total. The van der Waals surface area contributed by atoms with Crippen LogP contribution in [0.4, 0.5) is 0 Å². The predicted octanol–water partition coefficient (Wildman–Crippen LogP) is 2.35. The van der Waals surface area contributed by atoms with E-state index < -0.39 is 6.10 Å². The largest absolute Gasteiger partial charge is 0.369 e. The molecule has 0 spiro atoms. The first-order chi connectivity index (χ1) is 7.31. The maximum absolute atomic E-state index is 8.93. The Hall–Kier alpha value is -1.36. The molecule has 0 heterocycles. The minimum absolute atomic E-state index is 0.813. The van der Waals surface area contributed by atoms with Crippen LogP contribution in [0, 0.1) is 36.5 Å². The quantitative estimate of drug-likeness (QED) is 0.518. The molecule has 0 aromatic rings. The van der Waals surface area contributed by atoms with E-state index in [2.05, 4.69) is 23.7 Å². The molecule has 0 aliphatic rings. The molecule has 0 radical (unpaired) electrons. The standard InChI is InChI=1S/C14H18O/c1-3-5-6-7-8-9-10-11-12-13-14(15)4-2/h1-2,14-15H,5-11H2. The van der Waals surface area contributed by atoms with Crippen LogP contribution in [0.1, 0.15) is 44.9 Å². The third-order valence-corrected chi connectivity index (χ3v) is 2.02. The molecular formula is C14H18O. The lowest BCUT2D eigenvalue weighted by molar-refractivity contribution is 0.289. The highest BCUT2D eigenvalue weighted by Crippen LogP contribution is 2.06. The summed E-state index contributed by atoms with van der Waals surface area (Å²) in [7, 11) is 0. The Labute approximate surface area is 93.3 Å². The molecule has 0 fully saturated rings. The molecule has 0 saturated carbocycles. The monoisotopic (exact) mass is 202 g/mol. The number of aliphatic hydroxyl groups is 1. The molecule has 1 heteroatoms. The van der Waals surface area contributed by atoms with Crippen LogP contribution in [0.25, 0.3) is 0 Å². The summed E-state index contributed by atoms with van der Waals surface area (Å²) in [6.45, 7) is 0. The molecule has 0 aliphatic heterocycles. The number of aliphatic hydroxyl groups excluding tert-OH is 1. The maximum Gasteiger partial charge on any atom is 0.176 e. The Morgan fingerprint density at radius 3 is 2.13 bits per heavy atom. The number of hydrogen-bond acceptors (Lipinski definition) is 1. The van der Waals surface area contributed by atoms with Gasteiger partial charge in [0.1, 0.15) is 0 Å². The van der Waals surface area contributed by atoms with Gasteiger partial charge in [0.05, 0.1) is 0 Å². The van der Waals surface area contributed by atoms with Crippen molar-refractivity contribution in [3.8, 4) is 36.5 Å². The van der Waals surface area contributed by atoms with Crippen molar-refractivity contribution < 1.29 is 5.11 Å². The molecule has 0 bridgehead atoms. The van der Waals surface area contributed by atoms with Crippen LogP contribution in [0.15, 0.2) is 0 Å². The van der Waals surface area contributed by atoms with Gasteiger partial charge in [0.25, 0.3) is 0 Å². The number of terminal acetylenes is 2. The SMILES string of the molecule is C#CCCCCCCCC#CC(O)C#C.